The monoisotopic (exact) mass is 221 g/mol. The van der Waals surface area contributed by atoms with Gasteiger partial charge >= 0.3 is 0 Å². The molecule has 1 saturated heterocycles. The smallest absolute Gasteiger partial charge is 0.145 e. The van der Waals surface area contributed by atoms with E-state index in [1.807, 2.05) is 6.07 Å². The quantitative estimate of drug-likeness (QED) is 0.838. The zero-order chi connectivity index (χ0) is 11.5. The fourth-order valence-corrected chi connectivity index (χ4v) is 2.19. The molecule has 1 aliphatic heterocycles. The topological polar surface area (TPSA) is 51.4 Å². The zero-order valence-corrected chi connectivity index (χ0v) is 9.89. The zero-order valence-electron chi connectivity index (χ0n) is 9.89. The van der Waals surface area contributed by atoms with Crippen LogP contribution in [0.5, 0.6) is 5.75 Å². The van der Waals surface area contributed by atoms with Crippen LogP contribution in [0.4, 0.5) is 5.69 Å². The van der Waals surface area contributed by atoms with Crippen LogP contribution in [0.15, 0.2) is 18.5 Å². The van der Waals surface area contributed by atoms with Crippen LogP contribution < -0.4 is 10.5 Å². The van der Waals surface area contributed by atoms with Crippen LogP contribution in [0.2, 0.25) is 0 Å². The molecule has 0 saturated carbocycles. The van der Waals surface area contributed by atoms with Crippen molar-refractivity contribution in [3.05, 3.63) is 18.5 Å². The molecule has 4 nitrogen and oxygen atoms in total. The molecule has 2 rings (SSSR count). The van der Waals surface area contributed by atoms with Crippen molar-refractivity contribution >= 4 is 5.69 Å². The average molecular weight is 221 g/mol. The molecule has 2 atom stereocenters. The molecule has 4 heteroatoms. The van der Waals surface area contributed by atoms with Crippen molar-refractivity contribution < 1.29 is 4.74 Å². The van der Waals surface area contributed by atoms with E-state index in [4.69, 9.17) is 10.5 Å². The van der Waals surface area contributed by atoms with Gasteiger partial charge in [0.15, 0.2) is 0 Å². The summed E-state index contributed by atoms with van der Waals surface area (Å²) in [4.78, 5) is 6.29. The van der Waals surface area contributed by atoms with E-state index in [1.54, 1.807) is 12.4 Å². The molecule has 0 amide bonds. The number of rotatable bonds is 3. The van der Waals surface area contributed by atoms with Gasteiger partial charge in [-0.3, -0.25) is 9.88 Å². The maximum absolute atomic E-state index is 5.77. The number of nitrogens with zero attached hydrogens (tertiary/aromatic N) is 2. The normalized spacial score (nSPS) is 25.9. The van der Waals surface area contributed by atoms with Gasteiger partial charge in [0.25, 0.3) is 0 Å². The summed E-state index contributed by atoms with van der Waals surface area (Å²) in [5, 5.41) is 0. The lowest BCUT2D eigenvalue weighted by atomic mass is 10.0. The summed E-state index contributed by atoms with van der Waals surface area (Å²) in [6.07, 6.45) is 4.57. The molecule has 2 heterocycles. The van der Waals surface area contributed by atoms with Crippen LogP contribution in [-0.4, -0.2) is 36.1 Å². The molecule has 1 fully saturated rings. The van der Waals surface area contributed by atoms with E-state index in [0.29, 0.717) is 24.3 Å². The summed E-state index contributed by atoms with van der Waals surface area (Å²) in [5.74, 6) is 1.43. The number of likely N-dealkylation sites (tertiary alicyclic amines) is 1. The second kappa shape index (κ2) is 4.70. The van der Waals surface area contributed by atoms with E-state index in [2.05, 4.69) is 23.9 Å². The third kappa shape index (κ3) is 2.27. The molecule has 2 N–H and O–H groups in total. The molecule has 1 aliphatic rings. The minimum Gasteiger partial charge on any atom is -0.490 e. The fraction of sp³-hybridized carbons (Fsp3) is 0.583. The van der Waals surface area contributed by atoms with E-state index in [-0.39, 0.29) is 0 Å². The highest BCUT2D eigenvalue weighted by Gasteiger charge is 2.28. The average Bonchev–Trinajstić information content (AvgIpc) is 2.58. The molecule has 16 heavy (non-hydrogen) atoms. The van der Waals surface area contributed by atoms with Crippen LogP contribution in [0.25, 0.3) is 0 Å². The molecule has 88 valence electrons. The molecular formula is C12H19N3O. The third-order valence-corrected chi connectivity index (χ3v) is 3.38. The van der Waals surface area contributed by atoms with Crippen LogP contribution in [-0.2, 0) is 0 Å². The minimum atomic E-state index is 0.493. The Kier molecular flexibility index (Phi) is 3.29. The molecular weight excluding hydrogens is 202 g/mol. The molecule has 1 aromatic rings. The number of nitrogen functional groups attached to an aromatic ring is 1. The summed E-state index contributed by atoms with van der Waals surface area (Å²) in [6.45, 7) is 4.13. The van der Waals surface area contributed by atoms with Gasteiger partial charge < -0.3 is 10.5 Å². The molecule has 0 spiro atoms. The van der Waals surface area contributed by atoms with Crippen molar-refractivity contribution in [2.24, 2.45) is 5.92 Å². The Balaban J connectivity index is 1.94. The molecule has 1 unspecified atom stereocenters. The van der Waals surface area contributed by atoms with E-state index < -0.39 is 0 Å². The number of aromatic nitrogens is 1. The van der Waals surface area contributed by atoms with E-state index in [0.717, 1.165) is 12.3 Å². The van der Waals surface area contributed by atoms with E-state index in [1.165, 1.54) is 6.42 Å². The second-order valence-corrected chi connectivity index (χ2v) is 4.54. The number of nitrogens with two attached hydrogens (primary N) is 1. The number of anilines is 1. The molecule has 0 bridgehead atoms. The molecule has 0 aromatic carbocycles. The van der Waals surface area contributed by atoms with Crippen molar-refractivity contribution in [1.29, 1.82) is 0 Å². The number of hydrogen-bond acceptors (Lipinski definition) is 4. The highest BCUT2D eigenvalue weighted by Crippen LogP contribution is 2.24. The Labute approximate surface area is 96.4 Å². The Hall–Kier alpha value is -1.29. The van der Waals surface area contributed by atoms with Crippen LogP contribution in [0.1, 0.15) is 13.3 Å². The van der Waals surface area contributed by atoms with Crippen LogP contribution >= 0.6 is 0 Å². The van der Waals surface area contributed by atoms with Crippen molar-refractivity contribution in [1.82, 2.24) is 9.88 Å². The Morgan fingerprint density at radius 3 is 3.06 bits per heavy atom. The summed E-state index contributed by atoms with van der Waals surface area (Å²) < 4.78 is 5.75. The number of likely N-dealkylation sites (N-methyl/N-ethyl adjacent to an activating group) is 1. The van der Waals surface area contributed by atoms with Crippen molar-refractivity contribution in [3.8, 4) is 5.75 Å². The van der Waals surface area contributed by atoms with Gasteiger partial charge in [0.05, 0.1) is 11.9 Å². The largest absolute Gasteiger partial charge is 0.490 e. The van der Waals surface area contributed by atoms with Crippen LogP contribution in [0.3, 0.4) is 0 Å². The highest BCUT2D eigenvalue weighted by atomic mass is 16.5. The van der Waals surface area contributed by atoms with Gasteiger partial charge in [-0.05, 0) is 25.9 Å². The maximum atomic E-state index is 5.77. The third-order valence-electron chi connectivity index (χ3n) is 3.38. The lowest BCUT2D eigenvalue weighted by Crippen LogP contribution is -2.34. The molecule has 0 radical (unpaired) electrons. The summed E-state index contributed by atoms with van der Waals surface area (Å²) in [5.41, 5.74) is 6.38. The first-order valence-electron chi connectivity index (χ1n) is 5.71. The highest BCUT2D eigenvalue weighted by molar-refractivity contribution is 5.49. The molecule has 0 aliphatic carbocycles. The predicted molar refractivity (Wildman–Crippen MR) is 64.3 cm³/mol. The van der Waals surface area contributed by atoms with Gasteiger partial charge in [0.2, 0.25) is 0 Å². The minimum absolute atomic E-state index is 0.493. The van der Waals surface area contributed by atoms with Gasteiger partial charge in [0.1, 0.15) is 12.4 Å². The lowest BCUT2D eigenvalue weighted by molar-refractivity contribution is 0.176. The Morgan fingerprint density at radius 2 is 2.44 bits per heavy atom. The van der Waals surface area contributed by atoms with Gasteiger partial charge in [0, 0.05) is 18.3 Å². The standard InChI is InChI=1S/C12H19N3O/c1-9-4-6-15(2)11(9)8-16-12-3-5-14-7-10(12)13/h3,5,7,9,11H,4,6,8,13H2,1-2H3/t9?,11-/m1/s1. The number of pyridine rings is 1. The van der Waals surface area contributed by atoms with Crippen molar-refractivity contribution in [2.45, 2.75) is 19.4 Å². The van der Waals surface area contributed by atoms with Gasteiger partial charge in [-0.15, -0.1) is 0 Å². The summed E-state index contributed by atoms with van der Waals surface area (Å²) in [6, 6.07) is 2.31. The first-order chi connectivity index (χ1) is 7.68. The summed E-state index contributed by atoms with van der Waals surface area (Å²) >= 11 is 0. The second-order valence-electron chi connectivity index (χ2n) is 4.54. The predicted octanol–water partition coefficient (Wildman–Crippen LogP) is 1.38. The number of hydrogen-bond donors (Lipinski definition) is 1. The molecule has 1 aromatic heterocycles. The van der Waals surface area contributed by atoms with E-state index >= 15 is 0 Å². The van der Waals surface area contributed by atoms with Gasteiger partial charge in [-0.25, -0.2) is 0 Å². The Bertz CT molecular complexity index is 346. The fourth-order valence-electron chi connectivity index (χ4n) is 2.19. The first-order valence-corrected chi connectivity index (χ1v) is 5.71. The summed E-state index contributed by atoms with van der Waals surface area (Å²) in [7, 11) is 2.15. The van der Waals surface area contributed by atoms with Crippen molar-refractivity contribution in [3.63, 3.8) is 0 Å². The maximum Gasteiger partial charge on any atom is 0.145 e. The number of ether oxygens (including phenoxy) is 1. The van der Waals surface area contributed by atoms with Gasteiger partial charge in [-0.2, -0.15) is 0 Å². The SMILES string of the molecule is CC1CCN(C)[C@@H]1COc1ccncc1N. The lowest BCUT2D eigenvalue weighted by Gasteiger charge is -2.23. The van der Waals surface area contributed by atoms with Crippen molar-refractivity contribution in [2.75, 3.05) is 25.9 Å². The first kappa shape index (κ1) is 11.2. The Morgan fingerprint density at radius 1 is 1.62 bits per heavy atom. The van der Waals surface area contributed by atoms with Gasteiger partial charge in [-0.1, -0.05) is 6.92 Å². The van der Waals surface area contributed by atoms with Crippen LogP contribution in [0, 0.1) is 5.92 Å². The van der Waals surface area contributed by atoms with E-state index in [9.17, 15) is 0 Å².